The molecule has 45 heavy (non-hydrogen) atoms. The number of rotatable bonds is 34. The van der Waals surface area contributed by atoms with Gasteiger partial charge in [-0.2, -0.15) is 0 Å². The largest absolute Gasteiger partial charge is 0.462 e. The summed E-state index contributed by atoms with van der Waals surface area (Å²) in [6, 6.07) is 0. The predicted molar refractivity (Wildman–Crippen MR) is 187 cm³/mol. The molecular weight excluding hydrogens is 564 g/mol. The third kappa shape index (κ3) is 33.6. The molecule has 6 nitrogen and oxygen atoms in total. The van der Waals surface area contributed by atoms with Crippen LogP contribution < -0.4 is 0 Å². The van der Waals surface area contributed by atoms with Crippen LogP contribution in [-0.2, 0) is 28.6 Å². The van der Waals surface area contributed by atoms with Gasteiger partial charge in [0.25, 0.3) is 0 Å². The maximum atomic E-state index is 12.5. The highest BCUT2D eigenvalue weighted by Crippen LogP contribution is 2.15. The standard InChI is InChI=1S/C39H74O6/c1-5-7-9-11-12-13-14-15-16-17-18-23-27-31-38(41)44-34-36(33-43-37(40)30-26-21-10-8-6-2)45-39(42)32-28-24-20-19-22-25-29-35(3)4/h35-36H,5-34H2,1-4H3/t36-/m0/s1. The first-order valence-corrected chi connectivity index (χ1v) is 19.4. The van der Waals surface area contributed by atoms with Gasteiger partial charge in [-0.25, -0.2) is 0 Å². The lowest BCUT2D eigenvalue weighted by Crippen LogP contribution is -2.30. The molecule has 0 rings (SSSR count). The molecule has 0 N–H and O–H groups in total. The Labute approximate surface area is 278 Å². The Morgan fingerprint density at radius 1 is 0.422 bits per heavy atom. The van der Waals surface area contributed by atoms with Crippen molar-refractivity contribution in [3.8, 4) is 0 Å². The van der Waals surface area contributed by atoms with E-state index in [0.29, 0.717) is 19.3 Å². The van der Waals surface area contributed by atoms with Gasteiger partial charge in [-0.1, -0.05) is 169 Å². The van der Waals surface area contributed by atoms with Crippen LogP contribution in [0.25, 0.3) is 0 Å². The molecule has 0 aliphatic heterocycles. The van der Waals surface area contributed by atoms with Crippen LogP contribution >= 0.6 is 0 Å². The zero-order valence-corrected chi connectivity index (χ0v) is 30.3. The second kappa shape index (κ2) is 33.8. The Morgan fingerprint density at radius 3 is 1.09 bits per heavy atom. The summed E-state index contributed by atoms with van der Waals surface area (Å²) in [5.41, 5.74) is 0. The lowest BCUT2D eigenvalue weighted by Gasteiger charge is -2.18. The molecule has 0 bridgehead atoms. The van der Waals surface area contributed by atoms with Crippen molar-refractivity contribution in [2.75, 3.05) is 13.2 Å². The lowest BCUT2D eigenvalue weighted by atomic mass is 10.0. The molecule has 266 valence electrons. The minimum atomic E-state index is -0.756. The Bertz CT molecular complexity index is 676. The highest BCUT2D eigenvalue weighted by Gasteiger charge is 2.19. The molecule has 0 aliphatic rings. The molecule has 0 aromatic heterocycles. The van der Waals surface area contributed by atoms with E-state index in [2.05, 4.69) is 27.7 Å². The van der Waals surface area contributed by atoms with E-state index in [-0.39, 0.29) is 31.1 Å². The molecule has 0 aliphatic carbocycles. The van der Waals surface area contributed by atoms with Crippen molar-refractivity contribution in [3.05, 3.63) is 0 Å². The van der Waals surface area contributed by atoms with Crippen molar-refractivity contribution < 1.29 is 28.6 Å². The highest BCUT2D eigenvalue weighted by atomic mass is 16.6. The summed E-state index contributed by atoms with van der Waals surface area (Å²) in [5, 5.41) is 0. The lowest BCUT2D eigenvalue weighted by molar-refractivity contribution is -0.167. The minimum Gasteiger partial charge on any atom is -0.462 e. The van der Waals surface area contributed by atoms with Gasteiger partial charge in [0.15, 0.2) is 6.10 Å². The number of unbranched alkanes of at least 4 members (excludes halogenated alkanes) is 21. The number of carbonyl (C=O) groups is 3. The minimum absolute atomic E-state index is 0.0668. The van der Waals surface area contributed by atoms with E-state index in [1.54, 1.807) is 0 Å². The van der Waals surface area contributed by atoms with E-state index in [9.17, 15) is 14.4 Å². The van der Waals surface area contributed by atoms with Gasteiger partial charge < -0.3 is 14.2 Å². The first-order valence-electron chi connectivity index (χ1n) is 19.4. The second-order valence-electron chi connectivity index (χ2n) is 13.7. The number of ether oxygens (including phenoxy) is 3. The van der Waals surface area contributed by atoms with Crippen LogP contribution in [0.15, 0.2) is 0 Å². The third-order valence-electron chi connectivity index (χ3n) is 8.54. The molecule has 0 fully saturated rings. The van der Waals surface area contributed by atoms with Gasteiger partial charge in [0.05, 0.1) is 0 Å². The van der Waals surface area contributed by atoms with E-state index in [1.807, 2.05) is 0 Å². The average molecular weight is 639 g/mol. The Kier molecular flexibility index (Phi) is 32.6. The normalized spacial score (nSPS) is 11.9. The molecule has 0 amide bonds. The Hall–Kier alpha value is -1.59. The van der Waals surface area contributed by atoms with Gasteiger partial charge in [0.2, 0.25) is 0 Å². The summed E-state index contributed by atoms with van der Waals surface area (Å²) in [5.74, 6) is -0.124. The van der Waals surface area contributed by atoms with Gasteiger partial charge >= 0.3 is 17.9 Å². The van der Waals surface area contributed by atoms with Crippen molar-refractivity contribution >= 4 is 17.9 Å². The van der Waals surface area contributed by atoms with Crippen molar-refractivity contribution in [1.82, 2.24) is 0 Å². The van der Waals surface area contributed by atoms with Crippen LogP contribution in [0.5, 0.6) is 0 Å². The fourth-order valence-corrected chi connectivity index (χ4v) is 5.57. The zero-order valence-electron chi connectivity index (χ0n) is 30.3. The SMILES string of the molecule is CCCCCCCCCCCCCCCC(=O)OC[C@H](COC(=O)CCCCCCC)OC(=O)CCCCCCCCC(C)C. The van der Waals surface area contributed by atoms with E-state index in [1.165, 1.54) is 96.3 Å². The maximum absolute atomic E-state index is 12.5. The van der Waals surface area contributed by atoms with Crippen molar-refractivity contribution in [2.24, 2.45) is 5.92 Å². The van der Waals surface area contributed by atoms with Gasteiger partial charge in [-0.15, -0.1) is 0 Å². The molecule has 0 heterocycles. The summed E-state index contributed by atoms with van der Waals surface area (Å²) in [7, 11) is 0. The molecule has 0 saturated carbocycles. The van der Waals surface area contributed by atoms with Gasteiger partial charge in [0, 0.05) is 19.3 Å². The Morgan fingerprint density at radius 2 is 0.733 bits per heavy atom. The van der Waals surface area contributed by atoms with Crippen LogP contribution in [-0.4, -0.2) is 37.2 Å². The van der Waals surface area contributed by atoms with E-state index < -0.39 is 6.10 Å². The Balaban J connectivity index is 4.24. The molecule has 0 saturated heterocycles. The first-order chi connectivity index (χ1) is 21.9. The van der Waals surface area contributed by atoms with Crippen molar-refractivity contribution in [3.63, 3.8) is 0 Å². The topological polar surface area (TPSA) is 78.9 Å². The summed E-state index contributed by atoms with van der Waals surface area (Å²) in [6.45, 7) is 8.81. The molecular formula is C39H74O6. The summed E-state index contributed by atoms with van der Waals surface area (Å²) >= 11 is 0. The van der Waals surface area contributed by atoms with Gasteiger partial charge in [0.1, 0.15) is 13.2 Å². The summed E-state index contributed by atoms with van der Waals surface area (Å²) in [4.78, 5) is 37.2. The smallest absolute Gasteiger partial charge is 0.306 e. The van der Waals surface area contributed by atoms with Crippen molar-refractivity contribution in [1.29, 1.82) is 0 Å². The highest BCUT2D eigenvalue weighted by molar-refractivity contribution is 5.71. The quantitative estimate of drug-likeness (QED) is 0.0396. The first kappa shape index (κ1) is 43.4. The average Bonchev–Trinajstić information content (AvgIpc) is 3.01. The predicted octanol–water partition coefficient (Wildman–Crippen LogP) is 11.6. The van der Waals surface area contributed by atoms with Crippen molar-refractivity contribution in [2.45, 2.75) is 214 Å². The molecule has 0 radical (unpaired) electrons. The zero-order chi connectivity index (χ0) is 33.2. The molecule has 0 spiro atoms. The van der Waals surface area contributed by atoms with Gasteiger partial charge in [-0.05, 0) is 25.2 Å². The van der Waals surface area contributed by atoms with Crippen LogP contribution in [0.2, 0.25) is 0 Å². The number of esters is 3. The number of carbonyl (C=O) groups excluding carboxylic acids is 3. The maximum Gasteiger partial charge on any atom is 0.306 e. The molecule has 6 heteroatoms. The fraction of sp³-hybridized carbons (Fsp3) is 0.923. The van der Waals surface area contributed by atoms with E-state index in [4.69, 9.17) is 14.2 Å². The third-order valence-corrected chi connectivity index (χ3v) is 8.54. The van der Waals surface area contributed by atoms with Crippen LogP contribution in [0.4, 0.5) is 0 Å². The van der Waals surface area contributed by atoms with Crippen LogP contribution in [0, 0.1) is 5.92 Å². The molecule has 1 atom stereocenters. The van der Waals surface area contributed by atoms with E-state index in [0.717, 1.165) is 70.1 Å². The summed E-state index contributed by atoms with van der Waals surface area (Å²) < 4.78 is 16.5. The fourth-order valence-electron chi connectivity index (χ4n) is 5.57. The molecule has 0 unspecified atom stereocenters. The monoisotopic (exact) mass is 639 g/mol. The summed E-state index contributed by atoms with van der Waals surface area (Å²) in [6.07, 6.45) is 29.8. The number of hydrogen-bond acceptors (Lipinski definition) is 6. The molecule has 0 aromatic carbocycles. The molecule has 0 aromatic rings. The number of hydrogen-bond donors (Lipinski definition) is 0. The van der Waals surface area contributed by atoms with Crippen LogP contribution in [0.3, 0.4) is 0 Å². The van der Waals surface area contributed by atoms with Gasteiger partial charge in [-0.3, -0.25) is 14.4 Å². The van der Waals surface area contributed by atoms with E-state index >= 15 is 0 Å². The second-order valence-corrected chi connectivity index (χ2v) is 13.7. The van der Waals surface area contributed by atoms with Crippen LogP contribution in [0.1, 0.15) is 207 Å².